The predicted octanol–water partition coefficient (Wildman–Crippen LogP) is 3.70. The molecule has 128 valence electrons. The summed E-state index contributed by atoms with van der Waals surface area (Å²) in [6.07, 6.45) is 1.47. The first kappa shape index (κ1) is 16.6. The van der Waals surface area contributed by atoms with Crippen molar-refractivity contribution in [3.05, 3.63) is 60.3 Å². The fourth-order valence-corrected chi connectivity index (χ4v) is 2.11. The van der Waals surface area contributed by atoms with Gasteiger partial charge in [-0.05, 0) is 36.4 Å². The van der Waals surface area contributed by atoms with Crippen LogP contribution in [0.15, 0.2) is 48.7 Å². The Hall–Kier alpha value is -3.29. The van der Waals surface area contributed by atoms with E-state index in [0.29, 0.717) is 11.5 Å². The van der Waals surface area contributed by atoms with Crippen molar-refractivity contribution in [1.29, 1.82) is 0 Å². The summed E-state index contributed by atoms with van der Waals surface area (Å²) in [6, 6.07) is 11.2. The van der Waals surface area contributed by atoms with Gasteiger partial charge in [0.2, 0.25) is 5.95 Å². The molecule has 0 aliphatic heterocycles. The quantitative estimate of drug-likeness (QED) is 0.737. The van der Waals surface area contributed by atoms with Crippen LogP contribution in [0, 0.1) is 11.6 Å². The number of hydrogen-bond acceptors (Lipinski definition) is 6. The summed E-state index contributed by atoms with van der Waals surface area (Å²) in [4.78, 5) is 6.25. The molecule has 0 saturated carbocycles. The normalized spacial score (nSPS) is 10.4. The molecule has 2 N–H and O–H groups in total. The summed E-state index contributed by atoms with van der Waals surface area (Å²) < 4.78 is 26.2. The fourth-order valence-electron chi connectivity index (χ4n) is 2.11. The van der Waals surface area contributed by atoms with Crippen LogP contribution in [0.5, 0.6) is 0 Å². The fraction of sp³-hybridized carbons (Fsp3) is 0.118. The van der Waals surface area contributed by atoms with E-state index in [0.717, 1.165) is 23.5 Å². The lowest BCUT2D eigenvalue weighted by Gasteiger charge is -2.13. The van der Waals surface area contributed by atoms with Crippen molar-refractivity contribution in [1.82, 2.24) is 15.2 Å². The number of aromatic nitrogens is 3. The maximum Gasteiger partial charge on any atom is 0.249 e. The molecule has 0 amide bonds. The number of nitrogens with zero attached hydrogens (tertiary/aromatic N) is 4. The molecule has 3 aromatic rings. The molecular formula is C17H16F2N6. The summed E-state index contributed by atoms with van der Waals surface area (Å²) in [5, 5.41) is 13.6. The zero-order valence-corrected chi connectivity index (χ0v) is 13.7. The molecule has 8 heteroatoms. The molecule has 0 radical (unpaired) electrons. The molecule has 1 aromatic heterocycles. The van der Waals surface area contributed by atoms with Gasteiger partial charge in [-0.15, -0.1) is 5.10 Å². The van der Waals surface area contributed by atoms with Gasteiger partial charge in [0, 0.05) is 37.2 Å². The van der Waals surface area contributed by atoms with E-state index < -0.39 is 11.6 Å². The van der Waals surface area contributed by atoms with Crippen molar-refractivity contribution in [2.75, 3.05) is 29.6 Å². The summed E-state index contributed by atoms with van der Waals surface area (Å²) in [7, 11) is 3.93. The second-order valence-corrected chi connectivity index (χ2v) is 5.49. The van der Waals surface area contributed by atoms with Crippen molar-refractivity contribution in [3.8, 4) is 0 Å². The van der Waals surface area contributed by atoms with Gasteiger partial charge in [-0.2, -0.15) is 10.1 Å². The molecule has 0 bridgehead atoms. The zero-order valence-electron chi connectivity index (χ0n) is 13.7. The van der Waals surface area contributed by atoms with Gasteiger partial charge in [-0.1, -0.05) is 0 Å². The van der Waals surface area contributed by atoms with Crippen molar-refractivity contribution in [2.24, 2.45) is 0 Å². The van der Waals surface area contributed by atoms with Crippen molar-refractivity contribution < 1.29 is 8.78 Å². The SMILES string of the molecule is CN(C)c1ccc(Nc2cnnc(Nc3ccc(F)c(F)c3)n2)cc1. The van der Waals surface area contributed by atoms with Crippen LogP contribution < -0.4 is 15.5 Å². The average molecular weight is 342 g/mol. The molecule has 6 nitrogen and oxygen atoms in total. The minimum absolute atomic E-state index is 0.168. The van der Waals surface area contributed by atoms with Crippen LogP contribution in [-0.2, 0) is 0 Å². The monoisotopic (exact) mass is 342 g/mol. The van der Waals surface area contributed by atoms with E-state index in [9.17, 15) is 8.78 Å². The van der Waals surface area contributed by atoms with Gasteiger partial charge >= 0.3 is 0 Å². The largest absolute Gasteiger partial charge is 0.378 e. The van der Waals surface area contributed by atoms with Gasteiger partial charge in [-0.3, -0.25) is 0 Å². The predicted molar refractivity (Wildman–Crippen MR) is 93.5 cm³/mol. The van der Waals surface area contributed by atoms with Crippen LogP contribution in [0.4, 0.5) is 37.6 Å². The average Bonchev–Trinajstić information content (AvgIpc) is 2.59. The van der Waals surface area contributed by atoms with E-state index in [1.165, 1.54) is 12.3 Å². The molecule has 3 rings (SSSR count). The topological polar surface area (TPSA) is 66.0 Å². The van der Waals surface area contributed by atoms with Crippen LogP contribution in [0.1, 0.15) is 0 Å². The van der Waals surface area contributed by atoms with Crippen LogP contribution in [0.3, 0.4) is 0 Å². The van der Waals surface area contributed by atoms with Crippen molar-refractivity contribution in [3.63, 3.8) is 0 Å². The first-order chi connectivity index (χ1) is 12.0. The maximum absolute atomic E-state index is 13.3. The van der Waals surface area contributed by atoms with Gasteiger partial charge in [0.05, 0.1) is 6.20 Å². The van der Waals surface area contributed by atoms with E-state index in [4.69, 9.17) is 0 Å². The molecule has 0 saturated heterocycles. The lowest BCUT2D eigenvalue weighted by Crippen LogP contribution is -2.08. The lowest BCUT2D eigenvalue weighted by molar-refractivity contribution is 0.509. The molecular weight excluding hydrogens is 326 g/mol. The Morgan fingerprint density at radius 3 is 2.28 bits per heavy atom. The third-order valence-corrected chi connectivity index (χ3v) is 3.39. The molecule has 0 spiro atoms. The second-order valence-electron chi connectivity index (χ2n) is 5.49. The summed E-state index contributed by atoms with van der Waals surface area (Å²) in [5.74, 6) is -1.23. The Bertz CT molecular complexity index is 867. The van der Waals surface area contributed by atoms with E-state index in [1.807, 2.05) is 43.3 Å². The van der Waals surface area contributed by atoms with Crippen molar-refractivity contribution >= 4 is 28.8 Å². The molecule has 25 heavy (non-hydrogen) atoms. The first-order valence-electron chi connectivity index (χ1n) is 7.47. The van der Waals surface area contributed by atoms with Gasteiger partial charge in [0.25, 0.3) is 0 Å². The number of benzene rings is 2. The van der Waals surface area contributed by atoms with Gasteiger partial charge < -0.3 is 15.5 Å². The Morgan fingerprint density at radius 2 is 1.60 bits per heavy atom. The van der Waals surface area contributed by atoms with Gasteiger partial charge in [-0.25, -0.2) is 8.78 Å². The highest BCUT2D eigenvalue weighted by molar-refractivity contribution is 5.61. The maximum atomic E-state index is 13.3. The van der Waals surface area contributed by atoms with Crippen molar-refractivity contribution in [2.45, 2.75) is 0 Å². The summed E-state index contributed by atoms with van der Waals surface area (Å²) >= 11 is 0. The highest BCUT2D eigenvalue weighted by atomic mass is 19.2. The number of hydrogen-bond donors (Lipinski definition) is 2. The van der Waals surface area contributed by atoms with Crippen LogP contribution in [0.25, 0.3) is 0 Å². The minimum Gasteiger partial charge on any atom is -0.378 e. The number of halogens is 2. The molecule has 0 aliphatic carbocycles. The van der Waals surface area contributed by atoms with Crippen LogP contribution in [0.2, 0.25) is 0 Å². The minimum atomic E-state index is -0.951. The second kappa shape index (κ2) is 7.08. The zero-order chi connectivity index (χ0) is 17.8. The van der Waals surface area contributed by atoms with Gasteiger partial charge in [0.1, 0.15) is 0 Å². The Labute approximate surface area is 143 Å². The lowest BCUT2D eigenvalue weighted by atomic mass is 10.2. The third kappa shape index (κ3) is 4.17. The van der Waals surface area contributed by atoms with E-state index in [1.54, 1.807) is 0 Å². The Balaban J connectivity index is 1.73. The highest BCUT2D eigenvalue weighted by Gasteiger charge is 2.06. The van der Waals surface area contributed by atoms with E-state index >= 15 is 0 Å². The van der Waals surface area contributed by atoms with Crippen LogP contribution in [-0.4, -0.2) is 29.3 Å². The molecule has 0 atom stereocenters. The Morgan fingerprint density at radius 1 is 0.880 bits per heavy atom. The number of anilines is 5. The summed E-state index contributed by atoms with van der Waals surface area (Å²) in [6.45, 7) is 0. The smallest absolute Gasteiger partial charge is 0.249 e. The van der Waals surface area contributed by atoms with E-state index in [-0.39, 0.29) is 5.95 Å². The third-order valence-electron chi connectivity index (χ3n) is 3.39. The highest BCUT2D eigenvalue weighted by Crippen LogP contribution is 2.20. The molecule has 0 aliphatic rings. The van der Waals surface area contributed by atoms with Crippen LogP contribution >= 0.6 is 0 Å². The summed E-state index contributed by atoms with van der Waals surface area (Å²) in [5.41, 5.74) is 2.24. The molecule has 2 aromatic carbocycles. The number of rotatable bonds is 5. The Kier molecular flexibility index (Phi) is 4.69. The van der Waals surface area contributed by atoms with E-state index in [2.05, 4.69) is 25.8 Å². The van der Waals surface area contributed by atoms with Gasteiger partial charge in [0.15, 0.2) is 17.5 Å². The molecule has 1 heterocycles. The molecule has 0 unspecified atom stereocenters. The molecule has 0 fully saturated rings. The first-order valence-corrected chi connectivity index (χ1v) is 7.47. The standard InChI is InChI=1S/C17H16F2N6/c1-25(2)13-6-3-11(4-7-13)21-16-10-20-24-17(23-16)22-12-5-8-14(18)15(19)9-12/h3-10H,1-2H3,(H2,21,22,23,24). The number of nitrogens with one attached hydrogen (secondary N) is 2.